The number of piperidine rings is 1. The molecule has 2 aliphatic heterocycles. The van der Waals surface area contributed by atoms with Crippen molar-refractivity contribution in [3.8, 4) is 0 Å². The van der Waals surface area contributed by atoms with Gasteiger partial charge in [0.05, 0.1) is 5.69 Å². The number of aromatic nitrogens is 1. The smallest absolute Gasteiger partial charge is 0.185 e. The summed E-state index contributed by atoms with van der Waals surface area (Å²) in [5.74, 6) is 0. The van der Waals surface area contributed by atoms with Crippen LogP contribution in [0.5, 0.6) is 0 Å². The Bertz CT molecular complexity index is 384. The monoisotopic (exact) mass is 265 g/mol. The molecule has 3 rings (SSSR count). The minimum absolute atomic E-state index is 0.678. The van der Waals surface area contributed by atoms with Crippen molar-refractivity contribution < 1.29 is 0 Å². The van der Waals surface area contributed by atoms with Crippen molar-refractivity contribution in [2.45, 2.75) is 57.5 Å². The van der Waals surface area contributed by atoms with Crippen LogP contribution in [0.2, 0.25) is 0 Å². The minimum atomic E-state index is 0.678. The Kier molecular flexibility index (Phi) is 3.85. The SMILES string of the molecule is CCc1csc(N2CCCCC2C2CCCN2)n1. The maximum atomic E-state index is 4.79. The molecule has 4 heteroatoms. The van der Waals surface area contributed by atoms with E-state index in [1.54, 1.807) is 0 Å². The Hall–Kier alpha value is -0.610. The van der Waals surface area contributed by atoms with Crippen LogP contribution in [0.3, 0.4) is 0 Å². The van der Waals surface area contributed by atoms with E-state index in [4.69, 9.17) is 4.98 Å². The molecule has 0 saturated carbocycles. The summed E-state index contributed by atoms with van der Waals surface area (Å²) in [6.45, 7) is 4.58. The van der Waals surface area contributed by atoms with Gasteiger partial charge in [-0.1, -0.05) is 6.92 Å². The molecule has 2 atom stereocenters. The molecule has 2 unspecified atom stereocenters. The molecule has 1 aromatic heterocycles. The van der Waals surface area contributed by atoms with Gasteiger partial charge in [-0.3, -0.25) is 0 Å². The molecular formula is C14H23N3S. The van der Waals surface area contributed by atoms with Gasteiger partial charge in [0.2, 0.25) is 0 Å². The molecule has 1 N–H and O–H groups in total. The van der Waals surface area contributed by atoms with Crippen LogP contribution in [0.4, 0.5) is 5.13 Å². The van der Waals surface area contributed by atoms with Gasteiger partial charge in [-0.05, 0) is 45.1 Å². The quantitative estimate of drug-likeness (QED) is 0.911. The molecule has 3 nitrogen and oxygen atoms in total. The average Bonchev–Trinajstić information content (AvgIpc) is 3.10. The highest BCUT2D eigenvalue weighted by atomic mass is 32.1. The van der Waals surface area contributed by atoms with E-state index in [-0.39, 0.29) is 0 Å². The van der Waals surface area contributed by atoms with Crippen LogP contribution in [-0.2, 0) is 6.42 Å². The van der Waals surface area contributed by atoms with Gasteiger partial charge in [0.25, 0.3) is 0 Å². The maximum absolute atomic E-state index is 4.79. The summed E-state index contributed by atoms with van der Waals surface area (Å²) in [7, 11) is 0. The van der Waals surface area contributed by atoms with Crippen LogP contribution in [0.15, 0.2) is 5.38 Å². The summed E-state index contributed by atoms with van der Waals surface area (Å²) in [4.78, 5) is 7.37. The van der Waals surface area contributed by atoms with Gasteiger partial charge >= 0.3 is 0 Å². The van der Waals surface area contributed by atoms with E-state index >= 15 is 0 Å². The highest BCUT2D eigenvalue weighted by molar-refractivity contribution is 7.13. The summed E-state index contributed by atoms with van der Waals surface area (Å²) < 4.78 is 0. The Balaban J connectivity index is 1.78. The van der Waals surface area contributed by atoms with Crippen molar-refractivity contribution in [3.05, 3.63) is 11.1 Å². The molecular weight excluding hydrogens is 242 g/mol. The standard InChI is InChI=1S/C14H23N3S/c1-2-11-10-18-14(16-11)17-9-4-3-7-13(17)12-6-5-8-15-12/h10,12-13,15H,2-9H2,1H3. The maximum Gasteiger partial charge on any atom is 0.185 e. The number of rotatable bonds is 3. The lowest BCUT2D eigenvalue weighted by molar-refractivity contribution is 0.378. The summed E-state index contributed by atoms with van der Waals surface area (Å²) >= 11 is 1.83. The Morgan fingerprint density at radius 1 is 1.39 bits per heavy atom. The predicted molar refractivity (Wildman–Crippen MR) is 77.5 cm³/mol. The number of hydrogen-bond donors (Lipinski definition) is 1. The molecule has 0 aliphatic carbocycles. The van der Waals surface area contributed by atoms with Gasteiger partial charge in [0.15, 0.2) is 5.13 Å². The van der Waals surface area contributed by atoms with E-state index in [0.717, 1.165) is 6.42 Å². The molecule has 100 valence electrons. The summed E-state index contributed by atoms with van der Waals surface area (Å²) in [5.41, 5.74) is 1.25. The Morgan fingerprint density at radius 3 is 3.06 bits per heavy atom. The molecule has 2 saturated heterocycles. The van der Waals surface area contributed by atoms with E-state index < -0.39 is 0 Å². The topological polar surface area (TPSA) is 28.2 Å². The van der Waals surface area contributed by atoms with Crippen molar-refractivity contribution in [1.29, 1.82) is 0 Å². The highest BCUT2D eigenvalue weighted by Gasteiger charge is 2.32. The minimum Gasteiger partial charge on any atom is -0.344 e. The first-order chi connectivity index (χ1) is 8.88. The predicted octanol–water partition coefficient (Wildman–Crippen LogP) is 2.82. The molecule has 0 aromatic carbocycles. The van der Waals surface area contributed by atoms with Crippen LogP contribution in [0.25, 0.3) is 0 Å². The van der Waals surface area contributed by atoms with Gasteiger partial charge in [0, 0.05) is 24.0 Å². The second-order valence-electron chi connectivity index (χ2n) is 5.43. The fraction of sp³-hybridized carbons (Fsp3) is 0.786. The molecule has 0 amide bonds. The van der Waals surface area contributed by atoms with E-state index in [1.165, 1.54) is 56.0 Å². The summed E-state index contributed by atoms with van der Waals surface area (Å²) in [5, 5.41) is 7.16. The number of anilines is 1. The zero-order valence-corrected chi connectivity index (χ0v) is 12.0. The number of nitrogens with one attached hydrogen (secondary N) is 1. The first-order valence-corrected chi connectivity index (χ1v) is 8.21. The number of thiazole rings is 1. The van der Waals surface area contributed by atoms with Crippen LogP contribution in [-0.4, -0.2) is 30.2 Å². The molecule has 2 fully saturated rings. The zero-order chi connectivity index (χ0) is 12.4. The van der Waals surface area contributed by atoms with E-state index in [1.807, 2.05) is 11.3 Å². The Labute approximate surface area is 114 Å². The van der Waals surface area contributed by atoms with Gasteiger partial charge in [-0.25, -0.2) is 4.98 Å². The lowest BCUT2D eigenvalue weighted by Gasteiger charge is -2.39. The summed E-state index contributed by atoms with van der Waals surface area (Å²) in [6.07, 6.45) is 7.77. The average molecular weight is 265 g/mol. The van der Waals surface area contributed by atoms with E-state index in [2.05, 4.69) is 22.5 Å². The first kappa shape index (κ1) is 12.4. The molecule has 0 bridgehead atoms. The summed E-state index contributed by atoms with van der Waals surface area (Å²) in [6, 6.07) is 1.37. The van der Waals surface area contributed by atoms with Crippen LogP contribution in [0, 0.1) is 0 Å². The van der Waals surface area contributed by atoms with Crippen molar-refractivity contribution >= 4 is 16.5 Å². The zero-order valence-electron chi connectivity index (χ0n) is 11.2. The van der Waals surface area contributed by atoms with Gasteiger partial charge in [-0.15, -0.1) is 11.3 Å². The molecule has 18 heavy (non-hydrogen) atoms. The second-order valence-corrected chi connectivity index (χ2v) is 6.27. The second kappa shape index (κ2) is 5.57. The third kappa shape index (κ3) is 2.41. The fourth-order valence-corrected chi connectivity index (χ4v) is 4.24. The number of aryl methyl sites for hydroxylation is 1. The van der Waals surface area contributed by atoms with Gasteiger partial charge in [0.1, 0.15) is 0 Å². The van der Waals surface area contributed by atoms with E-state index in [9.17, 15) is 0 Å². The molecule has 1 aromatic rings. The first-order valence-electron chi connectivity index (χ1n) is 7.33. The van der Waals surface area contributed by atoms with Gasteiger partial charge < -0.3 is 10.2 Å². The molecule has 0 spiro atoms. The lowest BCUT2D eigenvalue weighted by Crippen LogP contribution is -2.50. The van der Waals surface area contributed by atoms with Crippen LogP contribution < -0.4 is 10.2 Å². The largest absolute Gasteiger partial charge is 0.344 e. The Morgan fingerprint density at radius 2 is 2.33 bits per heavy atom. The van der Waals surface area contributed by atoms with Crippen molar-refractivity contribution in [2.24, 2.45) is 0 Å². The lowest BCUT2D eigenvalue weighted by atomic mass is 9.95. The third-order valence-corrected chi connectivity index (χ3v) is 5.19. The van der Waals surface area contributed by atoms with Gasteiger partial charge in [-0.2, -0.15) is 0 Å². The fourth-order valence-electron chi connectivity index (χ4n) is 3.24. The molecule has 2 aliphatic rings. The van der Waals surface area contributed by atoms with E-state index in [0.29, 0.717) is 12.1 Å². The number of hydrogen-bond acceptors (Lipinski definition) is 4. The third-order valence-electron chi connectivity index (χ3n) is 4.26. The van der Waals surface area contributed by atoms with Crippen LogP contribution >= 0.6 is 11.3 Å². The van der Waals surface area contributed by atoms with Crippen LogP contribution in [0.1, 0.15) is 44.7 Å². The molecule has 0 radical (unpaired) electrons. The van der Waals surface area contributed by atoms with Crippen molar-refractivity contribution in [2.75, 3.05) is 18.0 Å². The van der Waals surface area contributed by atoms with Crippen molar-refractivity contribution in [3.63, 3.8) is 0 Å². The number of nitrogens with zero attached hydrogens (tertiary/aromatic N) is 2. The highest BCUT2D eigenvalue weighted by Crippen LogP contribution is 2.31. The molecule has 3 heterocycles. The normalized spacial score (nSPS) is 28.8. The van der Waals surface area contributed by atoms with Crippen molar-refractivity contribution in [1.82, 2.24) is 10.3 Å².